The van der Waals surface area contributed by atoms with Crippen LogP contribution in [0.4, 0.5) is 5.69 Å². The predicted molar refractivity (Wildman–Crippen MR) is 121 cm³/mol. The monoisotopic (exact) mass is 439 g/mol. The summed E-state index contributed by atoms with van der Waals surface area (Å²) < 4.78 is 7.61. The number of amides is 1. The van der Waals surface area contributed by atoms with Crippen molar-refractivity contribution < 1.29 is 14.3 Å². The normalized spacial score (nSPS) is 10.1. The number of unbranched alkanes of at least 4 members (excludes halogenated alkanes) is 1. The van der Waals surface area contributed by atoms with Gasteiger partial charge in [0.2, 0.25) is 5.91 Å². The number of anilines is 1. The van der Waals surface area contributed by atoms with Crippen molar-refractivity contribution in [3.05, 3.63) is 76.5 Å². The van der Waals surface area contributed by atoms with E-state index in [0.717, 1.165) is 30.6 Å². The van der Waals surface area contributed by atoms with Gasteiger partial charge >= 0.3 is 0 Å². The third-order valence-electron chi connectivity index (χ3n) is 4.41. The first-order valence-corrected chi connectivity index (χ1v) is 10.5. The van der Waals surface area contributed by atoms with E-state index < -0.39 is 0 Å². The molecule has 0 radical (unpaired) electrons. The summed E-state index contributed by atoms with van der Waals surface area (Å²) in [5.74, 6) is -0.138. The van der Waals surface area contributed by atoms with E-state index in [-0.39, 0.29) is 17.9 Å². The summed E-state index contributed by atoms with van der Waals surface area (Å²) in [6.07, 6.45) is 5.67. The Morgan fingerprint density at radius 1 is 1.16 bits per heavy atom. The molecule has 0 aliphatic carbocycles. The van der Waals surface area contributed by atoms with Gasteiger partial charge in [0.25, 0.3) is 12.0 Å². The molecule has 0 bridgehead atoms. The smallest absolute Gasteiger partial charge is 0.293 e. The van der Waals surface area contributed by atoms with Gasteiger partial charge in [-0.15, -0.1) is 5.10 Å². The lowest BCUT2D eigenvalue weighted by Crippen LogP contribution is -2.21. The number of benzene rings is 1. The molecule has 9 heteroatoms. The summed E-state index contributed by atoms with van der Waals surface area (Å²) >= 11 is 0. The fraction of sp³-hybridized carbons (Fsp3) is 0.348. The van der Waals surface area contributed by atoms with Gasteiger partial charge in [0.15, 0.2) is 0 Å². The molecule has 2 aromatic heterocycles. The number of hydrogen-bond acceptors (Lipinski definition) is 6. The summed E-state index contributed by atoms with van der Waals surface area (Å²) in [6, 6.07) is 12.7. The first kappa shape index (κ1) is 24.5. The fourth-order valence-corrected chi connectivity index (χ4v) is 2.89. The molecule has 1 aromatic carbocycles. The minimum Gasteiger partial charge on any atom is -0.468 e. The molecule has 0 spiro atoms. The van der Waals surface area contributed by atoms with Crippen molar-refractivity contribution in [3.8, 4) is 0 Å². The highest BCUT2D eigenvalue weighted by Crippen LogP contribution is 2.06. The van der Waals surface area contributed by atoms with Gasteiger partial charge in [0, 0.05) is 37.2 Å². The minimum absolute atomic E-state index is 0.121. The molecule has 0 aliphatic rings. The average molecular weight is 440 g/mol. The van der Waals surface area contributed by atoms with Crippen LogP contribution in [0, 0.1) is 6.92 Å². The van der Waals surface area contributed by atoms with Crippen LogP contribution in [0.15, 0.2) is 59.7 Å². The van der Waals surface area contributed by atoms with Crippen LogP contribution in [-0.4, -0.2) is 38.5 Å². The van der Waals surface area contributed by atoms with Gasteiger partial charge in [-0.1, -0.05) is 35.5 Å². The molecule has 9 nitrogen and oxygen atoms in total. The van der Waals surface area contributed by atoms with E-state index in [1.807, 2.05) is 48.1 Å². The fourth-order valence-electron chi connectivity index (χ4n) is 2.89. The van der Waals surface area contributed by atoms with Gasteiger partial charge in [-0.2, -0.15) is 0 Å². The molecule has 0 atom stereocenters. The number of ether oxygens (including phenoxy) is 1. The average Bonchev–Trinajstić information content (AvgIpc) is 3.19. The van der Waals surface area contributed by atoms with E-state index >= 15 is 0 Å². The minimum atomic E-state index is -0.138. The zero-order chi connectivity index (χ0) is 23.2. The number of carbonyl (C=O) groups is 2. The largest absolute Gasteiger partial charge is 0.468 e. The van der Waals surface area contributed by atoms with Gasteiger partial charge in [-0.05, 0) is 38.3 Å². The molecule has 0 unspecified atom stereocenters. The quantitative estimate of drug-likeness (QED) is 0.384. The third-order valence-corrected chi connectivity index (χ3v) is 4.41. The second-order valence-corrected chi connectivity index (χ2v) is 7.04. The van der Waals surface area contributed by atoms with E-state index in [9.17, 15) is 14.4 Å². The predicted octanol–water partition coefficient (Wildman–Crippen LogP) is 2.59. The molecule has 3 aromatic rings. The first-order chi connectivity index (χ1) is 15.5. The van der Waals surface area contributed by atoms with Crippen LogP contribution in [-0.2, 0) is 33.8 Å². The Morgan fingerprint density at radius 3 is 2.50 bits per heavy atom. The van der Waals surface area contributed by atoms with Crippen molar-refractivity contribution in [2.45, 2.75) is 46.2 Å². The van der Waals surface area contributed by atoms with E-state index in [1.54, 1.807) is 23.8 Å². The Hall–Kier alpha value is -3.75. The summed E-state index contributed by atoms with van der Waals surface area (Å²) in [5, 5.41) is 10.7. The maximum Gasteiger partial charge on any atom is 0.293 e. The van der Waals surface area contributed by atoms with Gasteiger partial charge in [-0.25, -0.2) is 0 Å². The lowest BCUT2D eigenvalue weighted by Gasteiger charge is -2.09. The van der Waals surface area contributed by atoms with Crippen molar-refractivity contribution in [2.24, 2.45) is 0 Å². The van der Waals surface area contributed by atoms with Crippen LogP contribution in [0.25, 0.3) is 0 Å². The van der Waals surface area contributed by atoms with Crippen LogP contribution in [0.1, 0.15) is 31.0 Å². The Balaban J connectivity index is 0.000000654. The SMILES string of the molecule is CCOC=O.Cc1cn(CCCCn2ccc(NC(=O)Cc3ccccc3)cc2=O)nn1. The van der Waals surface area contributed by atoms with Crippen molar-refractivity contribution >= 4 is 18.1 Å². The molecule has 0 aliphatic heterocycles. The number of nitrogens with zero attached hydrogens (tertiary/aromatic N) is 4. The third kappa shape index (κ3) is 8.95. The molecule has 1 N–H and O–H groups in total. The number of aromatic nitrogens is 4. The van der Waals surface area contributed by atoms with Crippen LogP contribution in [0.5, 0.6) is 0 Å². The highest BCUT2D eigenvalue weighted by atomic mass is 16.5. The van der Waals surface area contributed by atoms with Gasteiger partial charge in [0.1, 0.15) is 0 Å². The van der Waals surface area contributed by atoms with Crippen molar-refractivity contribution in [1.82, 2.24) is 19.6 Å². The van der Waals surface area contributed by atoms with E-state index in [1.165, 1.54) is 6.07 Å². The number of nitrogens with one attached hydrogen (secondary N) is 1. The number of pyridine rings is 1. The molecular formula is C23H29N5O4. The zero-order valence-electron chi connectivity index (χ0n) is 18.4. The Bertz CT molecular complexity index is 1030. The maximum atomic E-state index is 12.2. The number of aryl methyl sites for hydroxylation is 3. The zero-order valence-corrected chi connectivity index (χ0v) is 18.4. The van der Waals surface area contributed by atoms with Crippen LogP contribution >= 0.6 is 0 Å². The number of hydrogen-bond donors (Lipinski definition) is 1. The highest BCUT2D eigenvalue weighted by molar-refractivity contribution is 5.92. The molecule has 3 rings (SSSR count). The molecular weight excluding hydrogens is 410 g/mol. The van der Waals surface area contributed by atoms with Crippen LogP contribution in [0.2, 0.25) is 0 Å². The Morgan fingerprint density at radius 2 is 1.91 bits per heavy atom. The van der Waals surface area contributed by atoms with Gasteiger partial charge in [0.05, 0.1) is 18.7 Å². The molecule has 2 heterocycles. The van der Waals surface area contributed by atoms with E-state index in [2.05, 4.69) is 20.4 Å². The van der Waals surface area contributed by atoms with E-state index in [0.29, 0.717) is 25.3 Å². The Kier molecular flexibility index (Phi) is 10.4. The number of rotatable bonds is 10. The lowest BCUT2D eigenvalue weighted by molar-refractivity contribution is -0.128. The van der Waals surface area contributed by atoms with E-state index in [4.69, 9.17) is 0 Å². The number of carbonyl (C=O) groups excluding carboxylic acids is 2. The second-order valence-electron chi connectivity index (χ2n) is 7.04. The van der Waals surface area contributed by atoms with Crippen LogP contribution < -0.4 is 10.9 Å². The summed E-state index contributed by atoms with van der Waals surface area (Å²) in [7, 11) is 0. The van der Waals surface area contributed by atoms with Crippen molar-refractivity contribution in [2.75, 3.05) is 11.9 Å². The highest BCUT2D eigenvalue weighted by Gasteiger charge is 2.05. The lowest BCUT2D eigenvalue weighted by atomic mass is 10.1. The van der Waals surface area contributed by atoms with Gasteiger partial charge in [-0.3, -0.25) is 19.1 Å². The van der Waals surface area contributed by atoms with Crippen molar-refractivity contribution in [1.29, 1.82) is 0 Å². The molecule has 0 saturated heterocycles. The molecule has 0 saturated carbocycles. The van der Waals surface area contributed by atoms with Crippen molar-refractivity contribution in [3.63, 3.8) is 0 Å². The molecule has 1 amide bonds. The first-order valence-electron chi connectivity index (χ1n) is 10.5. The summed E-state index contributed by atoms with van der Waals surface area (Å²) in [6.45, 7) is 5.98. The second kappa shape index (κ2) is 13.5. The van der Waals surface area contributed by atoms with Crippen LogP contribution in [0.3, 0.4) is 0 Å². The maximum absolute atomic E-state index is 12.2. The summed E-state index contributed by atoms with van der Waals surface area (Å²) in [4.78, 5) is 33.5. The molecule has 170 valence electrons. The Labute approximate surface area is 187 Å². The topological polar surface area (TPSA) is 108 Å². The van der Waals surface area contributed by atoms with Gasteiger partial charge < -0.3 is 14.6 Å². The molecule has 32 heavy (non-hydrogen) atoms. The summed E-state index contributed by atoms with van der Waals surface area (Å²) in [5.41, 5.74) is 2.24. The standard InChI is InChI=1S/C20H23N5O2.C3H6O2/c1-16-15-25(23-22-16)11-6-5-10-24-12-9-18(14-20(24)27)21-19(26)13-17-7-3-2-4-8-17;1-2-5-3-4/h2-4,7-9,12,14-15H,5-6,10-11,13H2,1H3,(H,21,26);3H,2H2,1H3. The molecule has 0 fully saturated rings.